The predicted octanol–water partition coefficient (Wildman–Crippen LogP) is 2.12. The fourth-order valence-electron chi connectivity index (χ4n) is 3.97. The van der Waals surface area contributed by atoms with E-state index in [1.54, 1.807) is 0 Å². The molecule has 2 heterocycles. The summed E-state index contributed by atoms with van der Waals surface area (Å²) in [5, 5.41) is 9.40. The van der Waals surface area contributed by atoms with Crippen molar-refractivity contribution in [2.45, 2.75) is 51.6 Å². The Labute approximate surface area is 198 Å². The summed E-state index contributed by atoms with van der Waals surface area (Å²) in [7, 11) is 0. The number of ether oxygens (including phenoxy) is 1. The van der Waals surface area contributed by atoms with Crippen LogP contribution in [0, 0.1) is 5.92 Å². The van der Waals surface area contributed by atoms with E-state index in [0.29, 0.717) is 19.6 Å². The van der Waals surface area contributed by atoms with E-state index in [1.807, 2.05) is 6.07 Å². The van der Waals surface area contributed by atoms with Gasteiger partial charge in [0, 0.05) is 39.1 Å². The average molecular weight is 473 g/mol. The topological polar surface area (TPSA) is 109 Å². The number of thiazole rings is 1. The molecule has 8 nitrogen and oxygen atoms in total. The molecule has 0 unspecified atom stereocenters. The zero-order valence-electron chi connectivity index (χ0n) is 19.2. The Kier molecular flexibility index (Phi) is 8.96. The van der Waals surface area contributed by atoms with Crippen molar-refractivity contribution in [2.75, 3.05) is 19.8 Å². The van der Waals surface area contributed by atoms with E-state index in [2.05, 4.69) is 46.6 Å². The van der Waals surface area contributed by atoms with Crippen LogP contribution in [-0.2, 0) is 32.0 Å². The molecule has 2 aromatic rings. The zero-order chi connectivity index (χ0) is 23.8. The number of nitrogens with one attached hydrogen (secondary N) is 3. The summed E-state index contributed by atoms with van der Waals surface area (Å²) in [6.45, 7) is 8.50. The quantitative estimate of drug-likeness (QED) is 0.459. The van der Waals surface area contributed by atoms with Gasteiger partial charge in [-0.15, -0.1) is 11.3 Å². The van der Waals surface area contributed by atoms with Gasteiger partial charge in [-0.3, -0.25) is 14.4 Å². The Morgan fingerprint density at radius 2 is 2.03 bits per heavy atom. The van der Waals surface area contributed by atoms with Gasteiger partial charge in [-0.25, -0.2) is 4.98 Å². The Morgan fingerprint density at radius 1 is 1.27 bits per heavy atom. The molecule has 178 valence electrons. The molecule has 3 amide bonds. The minimum Gasteiger partial charge on any atom is -0.381 e. The lowest BCUT2D eigenvalue weighted by Crippen LogP contribution is -2.55. The molecule has 1 aliphatic heterocycles. The number of amides is 3. The van der Waals surface area contributed by atoms with Crippen LogP contribution in [0.1, 0.15) is 37.3 Å². The van der Waals surface area contributed by atoms with Crippen LogP contribution < -0.4 is 16.0 Å². The third-order valence-electron chi connectivity index (χ3n) is 5.82. The molecule has 1 aromatic carbocycles. The van der Waals surface area contributed by atoms with Crippen molar-refractivity contribution in [1.29, 1.82) is 0 Å². The van der Waals surface area contributed by atoms with Gasteiger partial charge in [-0.1, -0.05) is 19.6 Å². The number of rotatable bonds is 10. The molecule has 3 rings (SSSR count). The number of hydrogen-bond donors (Lipinski definition) is 3. The summed E-state index contributed by atoms with van der Waals surface area (Å²) in [6.07, 6.45) is 4.02. The van der Waals surface area contributed by atoms with E-state index in [1.165, 1.54) is 29.9 Å². The van der Waals surface area contributed by atoms with Crippen LogP contribution in [0.5, 0.6) is 0 Å². The second-order valence-electron chi connectivity index (χ2n) is 8.23. The molecule has 33 heavy (non-hydrogen) atoms. The first-order chi connectivity index (χ1) is 15.9. The molecule has 9 heteroatoms. The Balaban J connectivity index is 1.75. The molecule has 1 aliphatic rings. The maximum Gasteiger partial charge on any atom is 0.243 e. The van der Waals surface area contributed by atoms with Crippen LogP contribution in [0.2, 0.25) is 0 Å². The molecule has 0 radical (unpaired) electrons. The lowest BCUT2D eigenvalue weighted by atomic mass is 9.91. The number of aryl methyl sites for hydroxylation is 1. The Morgan fingerprint density at radius 3 is 2.70 bits per heavy atom. The smallest absolute Gasteiger partial charge is 0.243 e. The zero-order valence-corrected chi connectivity index (χ0v) is 20.0. The minimum absolute atomic E-state index is 0.167. The first-order valence-electron chi connectivity index (χ1n) is 11.3. The number of aromatic nitrogens is 1. The summed E-state index contributed by atoms with van der Waals surface area (Å²) in [6, 6.07) is 5.13. The molecule has 0 aliphatic carbocycles. The molecule has 1 aromatic heterocycles. The molecule has 0 saturated carbocycles. The van der Waals surface area contributed by atoms with E-state index in [0.717, 1.165) is 34.5 Å². The van der Waals surface area contributed by atoms with Gasteiger partial charge in [0.2, 0.25) is 17.7 Å². The summed E-state index contributed by atoms with van der Waals surface area (Å²) < 4.78 is 6.51. The first-order valence-corrected chi connectivity index (χ1v) is 12.1. The van der Waals surface area contributed by atoms with E-state index in [9.17, 15) is 14.4 Å². The van der Waals surface area contributed by atoms with Gasteiger partial charge >= 0.3 is 0 Å². The molecule has 1 fully saturated rings. The van der Waals surface area contributed by atoms with Crippen LogP contribution >= 0.6 is 11.3 Å². The van der Waals surface area contributed by atoms with E-state index >= 15 is 0 Å². The molecule has 0 spiro atoms. The van der Waals surface area contributed by atoms with Crippen molar-refractivity contribution in [1.82, 2.24) is 20.9 Å². The highest BCUT2D eigenvalue weighted by Gasteiger charge is 2.29. The van der Waals surface area contributed by atoms with Crippen molar-refractivity contribution in [3.05, 3.63) is 41.4 Å². The summed E-state index contributed by atoms with van der Waals surface area (Å²) in [5.41, 5.74) is 2.12. The van der Waals surface area contributed by atoms with Gasteiger partial charge in [-0.05, 0) is 49.0 Å². The van der Waals surface area contributed by atoms with Gasteiger partial charge in [0.05, 0.1) is 15.2 Å². The van der Waals surface area contributed by atoms with Gasteiger partial charge < -0.3 is 20.7 Å². The minimum atomic E-state index is -0.758. The highest BCUT2D eigenvalue weighted by molar-refractivity contribution is 7.18. The second kappa shape index (κ2) is 11.9. The van der Waals surface area contributed by atoms with Crippen LogP contribution in [0.25, 0.3) is 10.2 Å². The molecule has 1 saturated heterocycles. The maximum atomic E-state index is 13.3. The lowest BCUT2D eigenvalue weighted by molar-refractivity contribution is -0.129. The first kappa shape index (κ1) is 24.9. The number of carbonyl (C=O) groups is 3. The summed E-state index contributed by atoms with van der Waals surface area (Å²) in [4.78, 5) is 41.5. The molecule has 0 bridgehead atoms. The Hall–Kier alpha value is -2.78. The van der Waals surface area contributed by atoms with Crippen molar-refractivity contribution < 1.29 is 19.1 Å². The normalized spacial score (nSPS) is 16.1. The SMILES string of the molecule is C=CC(=O)NC[C@@H](NC(=O)[C@H](Cc1nc2ccc(CC)cc2s1)NC(C)=O)C1CCOCC1. The van der Waals surface area contributed by atoms with Crippen LogP contribution in [-0.4, -0.2) is 54.5 Å². The summed E-state index contributed by atoms with van der Waals surface area (Å²) >= 11 is 1.54. The molecular formula is C24H32N4O4S. The standard InChI is InChI=1S/C24H32N4O4S/c1-4-16-6-7-18-21(12-16)33-23(27-18)13-19(26-15(3)29)24(31)28-20(14-25-22(30)5-2)17-8-10-32-11-9-17/h5-7,12,17,19-20H,2,4,8-11,13-14H2,1,3H3,(H,25,30)(H,26,29)(H,28,31)/t19-,20+/m0/s1. The number of nitrogens with zero attached hydrogens (tertiary/aromatic N) is 1. The van der Waals surface area contributed by atoms with Crippen LogP contribution in [0.3, 0.4) is 0 Å². The van der Waals surface area contributed by atoms with E-state index in [-0.39, 0.29) is 36.2 Å². The number of fused-ring (bicyclic) bond motifs is 1. The third-order valence-corrected chi connectivity index (χ3v) is 6.86. The molecular weight excluding hydrogens is 440 g/mol. The van der Waals surface area contributed by atoms with Crippen molar-refractivity contribution in [2.24, 2.45) is 5.92 Å². The van der Waals surface area contributed by atoms with Crippen LogP contribution in [0.4, 0.5) is 0 Å². The number of benzene rings is 1. The van der Waals surface area contributed by atoms with Crippen LogP contribution in [0.15, 0.2) is 30.9 Å². The average Bonchev–Trinajstić information content (AvgIpc) is 3.22. The van der Waals surface area contributed by atoms with E-state index < -0.39 is 6.04 Å². The monoisotopic (exact) mass is 472 g/mol. The number of hydrogen-bond acceptors (Lipinski definition) is 6. The number of carbonyl (C=O) groups excluding carboxylic acids is 3. The largest absolute Gasteiger partial charge is 0.381 e. The van der Waals surface area contributed by atoms with Gasteiger partial charge in [0.25, 0.3) is 0 Å². The highest BCUT2D eigenvalue weighted by atomic mass is 32.1. The maximum absolute atomic E-state index is 13.3. The third kappa shape index (κ3) is 7.10. The highest BCUT2D eigenvalue weighted by Crippen LogP contribution is 2.25. The van der Waals surface area contributed by atoms with Crippen molar-refractivity contribution in [3.8, 4) is 0 Å². The Bertz CT molecular complexity index is 1000. The van der Waals surface area contributed by atoms with E-state index in [4.69, 9.17) is 4.74 Å². The van der Waals surface area contributed by atoms with Gasteiger partial charge in [-0.2, -0.15) is 0 Å². The van der Waals surface area contributed by atoms with Crippen molar-refractivity contribution in [3.63, 3.8) is 0 Å². The predicted molar refractivity (Wildman–Crippen MR) is 129 cm³/mol. The fourth-order valence-corrected chi connectivity index (χ4v) is 5.05. The molecule has 2 atom stereocenters. The fraction of sp³-hybridized carbons (Fsp3) is 0.500. The van der Waals surface area contributed by atoms with Gasteiger partial charge in [0.15, 0.2) is 0 Å². The van der Waals surface area contributed by atoms with Gasteiger partial charge in [0.1, 0.15) is 6.04 Å². The summed E-state index contributed by atoms with van der Waals surface area (Å²) in [5.74, 6) is -0.698. The second-order valence-corrected chi connectivity index (χ2v) is 9.35. The van der Waals surface area contributed by atoms with Crippen molar-refractivity contribution >= 4 is 39.3 Å². The molecule has 3 N–H and O–H groups in total. The lowest BCUT2D eigenvalue weighted by Gasteiger charge is -2.32.